The number of hydrogen-bond acceptors (Lipinski definition) is 2. The summed E-state index contributed by atoms with van der Waals surface area (Å²) >= 11 is 0. The zero-order valence-electron chi connectivity index (χ0n) is 9.63. The highest BCUT2D eigenvalue weighted by atomic mass is 16.1. The minimum atomic E-state index is 0.0631. The molecule has 0 aliphatic rings. The molecule has 0 bridgehead atoms. The summed E-state index contributed by atoms with van der Waals surface area (Å²) in [5.41, 5.74) is 6.68. The molecule has 0 unspecified atom stereocenters. The summed E-state index contributed by atoms with van der Waals surface area (Å²) in [7, 11) is 0. The average molecular weight is 195 g/mol. The van der Waals surface area contributed by atoms with Crippen molar-refractivity contribution in [1.29, 1.82) is 0 Å². The lowest BCUT2D eigenvalue weighted by molar-refractivity contribution is -0.115. The van der Waals surface area contributed by atoms with Crippen LogP contribution in [0.5, 0.6) is 0 Å². The van der Waals surface area contributed by atoms with Gasteiger partial charge in [-0.05, 0) is 13.0 Å². The Morgan fingerprint density at radius 1 is 1.43 bits per heavy atom. The molecule has 0 rings (SSSR count). The molecule has 80 valence electrons. The molecule has 0 spiro atoms. The fourth-order valence-electron chi connectivity index (χ4n) is 0.896. The van der Waals surface area contributed by atoms with E-state index >= 15 is 0 Å². The molecule has 0 aliphatic carbocycles. The van der Waals surface area contributed by atoms with Crippen LogP contribution in [0.1, 0.15) is 34.1 Å². The number of carbonyl (C=O) groups is 1. The fraction of sp³-hybridized carbons (Fsp3) is 0.417. The molecule has 0 saturated heterocycles. The van der Waals surface area contributed by atoms with Crippen LogP contribution in [0.25, 0.3) is 0 Å². The molecule has 14 heavy (non-hydrogen) atoms. The predicted molar refractivity (Wildman–Crippen MR) is 62.9 cm³/mol. The third kappa shape index (κ3) is 5.36. The third-order valence-electron chi connectivity index (χ3n) is 1.52. The zero-order valence-corrected chi connectivity index (χ0v) is 9.63. The van der Waals surface area contributed by atoms with Crippen molar-refractivity contribution in [3.8, 4) is 0 Å². The first-order chi connectivity index (χ1) is 6.67. The molecule has 0 saturated carbocycles. The van der Waals surface area contributed by atoms with E-state index in [4.69, 9.17) is 5.73 Å². The molecule has 0 radical (unpaired) electrons. The highest BCUT2D eigenvalue weighted by Gasteiger charge is 2.07. The normalized spacial score (nSPS) is 11.4. The highest BCUT2D eigenvalue weighted by Crippen LogP contribution is 2.07. The lowest BCUT2D eigenvalue weighted by Gasteiger charge is -2.02. The quantitative estimate of drug-likeness (QED) is 0.553. The van der Waals surface area contributed by atoms with Gasteiger partial charge in [-0.2, -0.15) is 0 Å². The van der Waals surface area contributed by atoms with E-state index in [2.05, 4.69) is 6.58 Å². The van der Waals surface area contributed by atoms with Crippen molar-refractivity contribution in [2.24, 2.45) is 5.73 Å². The molecule has 0 aromatic heterocycles. The molecule has 2 heteroatoms. The number of Topliss-reactive ketones (excluding diaryl/α,β-unsaturated/α-hetero) is 1. The van der Waals surface area contributed by atoms with E-state index in [1.807, 2.05) is 20.8 Å². The van der Waals surface area contributed by atoms with E-state index in [0.717, 1.165) is 0 Å². The molecule has 0 atom stereocenters. The Hall–Kier alpha value is -1.31. The zero-order chi connectivity index (χ0) is 11.6. The Labute approximate surface area is 87.2 Å². The van der Waals surface area contributed by atoms with Gasteiger partial charge < -0.3 is 5.73 Å². The van der Waals surface area contributed by atoms with Gasteiger partial charge in [-0.3, -0.25) is 4.79 Å². The largest absolute Gasteiger partial charge is 0.398 e. The van der Waals surface area contributed by atoms with Gasteiger partial charge >= 0.3 is 0 Å². The van der Waals surface area contributed by atoms with Gasteiger partial charge in [-0.1, -0.05) is 39.5 Å². The van der Waals surface area contributed by atoms with Gasteiger partial charge in [0.2, 0.25) is 0 Å². The van der Waals surface area contributed by atoms with Gasteiger partial charge in [0.15, 0.2) is 5.78 Å². The smallest absolute Gasteiger partial charge is 0.164 e. The molecule has 0 aliphatic heterocycles. The second-order valence-electron chi connectivity index (χ2n) is 2.34. The minimum Gasteiger partial charge on any atom is -0.398 e. The molecular formula is C12H21NO. The summed E-state index contributed by atoms with van der Waals surface area (Å²) in [5, 5.41) is 0. The van der Waals surface area contributed by atoms with Crippen LogP contribution in [0, 0.1) is 0 Å². The predicted octanol–water partition coefficient (Wildman–Crippen LogP) is 2.97. The molecule has 0 amide bonds. The Morgan fingerprint density at radius 2 is 1.93 bits per heavy atom. The second-order valence-corrected chi connectivity index (χ2v) is 2.34. The summed E-state index contributed by atoms with van der Waals surface area (Å²) in [4.78, 5) is 11.2. The Morgan fingerprint density at radius 3 is 2.21 bits per heavy atom. The summed E-state index contributed by atoms with van der Waals surface area (Å²) in [6.45, 7) is 11.1. The maximum atomic E-state index is 11.2. The molecule has 0 aromatic carbocycles. The van der Waals surface area contributed by atoms with Crippen molar-refractivity contribution in [2.45, 2.75) is 34.1 Å². The Bertz CT molecular complexity index is 237. The number of nitrogens with two attached hydrogens (primary N) is 1. The van der Waals surface area contributed by atoms with Crippen molar-refractivity contribution in [3.63, 3.8) is 0 Å². The summed E-state index contributed by atoms with van der Waals surface area (Å²) in [6.07, 6.45) is 5.40. The first-order valence-corrected chi connectivity index (χ1v) is 4.95. The van der Waals surface area contributed by atoms with Gasteiger partial charge in [0.25, 0.3) is 0 Å². The van der Waals surface area contributed by atoms with E-state index in [0.29, 0.717) is 17.7 Å². The van der Waals surface area contributed by atoms with Gasteiger partial charge in [0.1, 0.15) is 0 Å². The minimum absolute atomic E-state index is 0.0631. The highest BCUT2D eigenvalue weighted by molar-refractivity contribution is 5.98. The third-order valence-corrected chi connectivity index (χ3v) is 1.52. The van der Waals surface area contributed by atoms with Crippen molar-refractivity contribution in [1.82, 2.24) is 0 Å². The Kier molecular flexibility index (Phi) is 10.6. The molecule has 2 nitrogen and oxygen atoms in total. The Balaban J connectivity index is 0. The topological polar surface area (TPSA) is 43.1 Å². The van der Waals surface area contributed by atoms with Crippen LogP contribution in [0.3, 0.4) is 0 Å². The lowest BCUT2D eigenvalue weighted by Crippen LogP contribution is -2.09. The average Bonchev–Trinajstić information content (AvgIpc) is 2.22. The summed E-state index contributed by atoms with van der Waals surface area (Å²) in [5.74, 6) is 0.0631. The van der Waals surface area contributed by atoms with E-state index < -0.39 is 0 Å². The van der Waals surface area contributed by atoms with E-state index in [1.165, 1.54) is 0 Å². The van der Waals surface area contributed by atoms with Crippen molar-refractivity contribution in [3.05, 3.63) is 36.1 Å². The maximum Gasteiger partial charge on any atom is 0.164 e. The molecule has 2 N–H and O–H groups in total. The van der Waals surface area contributed by atoms with Gasteiger partial charge in [0, 0.05) is 17.7 Å². The standard InChI is InChI=1S/C10H15NO.C2H6/c1-4-7-9(11)8(5-2)10(12)6-3;1-2/h4-5,7H,1,6,11H2,2-3H3;1-2H3/b8-5+,9-7+;. The fourth-order valence-corrected chi connectivity index (χ4v) is 0.896. The van der Waals surface area contributed by atoms with Gasteiger partial charge in [-0.25, -0.2) is 0 Å². The van der Waals surface area contributed by atoms with Crippen LogP contribution < -0.4 is 5.73 Å². The van der Waals surface area contributed by atoms with Crippen LogP contribution in [-0.2, 0) is 4.79 Å². The molecule has 0 aromatic rings. The maximum absolute atomic E-state index is 11.2. The second kappa shape index (κ2) is 9.78. The van der Waals surface area contributed by atoms with Crippen molar-refractivity contribution >= 4 is 5.78 Å². The first-order valence-electron chi connectivity index (χ1n) is 4.95. The number of hydrogen-bond donors (Lipinski definition) is 1. The summed E-state index contributed by atoms with van der Waals surface area (Å²) < 4.78 is 0. The number of carbonyl (C=O) groups excluding carboxylic acids is 1. The van der Waals surface area contributed by atoms with Crippen LogP contribution in [0.4, 0.5) is 0 Å². The van der Waals surface area contributed by atoms with E-state index in [9.17, 15) is 4.79 Å². The van der Waals surface area contributed by atoms with Gasteiger partial charge in [-0.15, -0.1) is 0 Å². The number of ketones is 1. The van der Waals surface area contributed by atoms with E-state index in [1.54, 1.807) is 25.2 Å². The van der Waals surface area contributed by atoms with Crippen LogP contribution in [-0.4, -0.2) is 5.78 Å². The van der Waals surface area contributed by atoms with Crippen LogP contribution in [0.2, 0.25) is 0 Å². The van der Waals surface area contributed by atoms with Gasteiger partial charge in [0.05, 0.1) is 0 Å². The summed E-state index contributed by atoms with van der Waals surface area (Å²) in [6, 6.07) is 0. The van der Waals surface area contributed by atoms with Crippen LogP contribution >= 0.6 is 0 Å². The number of allylic oxidation sites excluding steroid dienone is 4. The first kappa shape index (κ1) is 15.2. The number of rotatable bonds is 4. The molecule has 0 heterocycles. The van der Waals surface area contributed by atoms with Crippen molar-refractivity contribution < 1.29 is 4.79 Å². The molecule has 0 fully saturated rings. The van der Waals surface area contributed by atoms with Crippen LogP contribution in [0.15, 0.2) is 36.1 Å². The molecular weight excluding hydrogens is 174 g/mol. The SMILES string of the molecule is C=C/C=C(N)\C(=C/C)C(=O)CC.CC. The lowest BCUT2D eigenvalue weighted by atomic mass is 10.1. The van der Waals surface area contributed by atoms with E-state index in [-0.39, 0.29) is 5.78 Å². The monoisotopic (exact) mass is 195 g/mol. The van der Waals surface area contributed by atoms with Crippen molar-refractivity contribution in [2.75, 3.05) is 0 Å².